The predicted molar refractivity (Wildman–Crippen MR) is 82.4 cm³/mol. The third-order valence-corrected chi connectivity index (χ3v) is 3.04. The molecule has 7 heteroatoms. The molecule has 0 aliphatic rings. The summed E-state index contributed by atoms with van der Waals surface area (Å²) in [6.07, 6.45) is 1.44. The fourth-order valence-corrected chi connectivity index (χ4v) is 1.99. The minimum Gasteiger partial charge on any atom is -0.399 e. The summed E-state index contributed by atoms with van der Waals surface area (Å²) in [5, 5.41) is 18.2. The van der Waals surface area contributed by atoms with Gasteiger partial charge in [-0.05, 0) is 18.2 Å². The fourth-order valence-electron chi connectivity index (χ4n) is 1.77. The number of nitrogens with zero attached hydrogens (tertiary/aromatic N) is 2. The number of nitro benzene ring substituents is 1. The second kappa shape index (κ2) is 6.71. The molecule has 0 saturated carbocycles. The molecule has 0 saturated heterocycles. The van der Waals surface area contributed by atoms with E-state index in [1.54, 1.807) is 36.4 Å². The van der Waals surface area contributed by atoms with E-state index in [4.69, 9.17) is 11.6 Å². The standard InChI is InChI=1S/C14H12ClN3O3/c1-21-16-9-10-11(15)5-4-7-12(10)17-13-6-2-3-8-14(13)18(19)20/h2-9,17H,1H3. The van der Waals surface area contributed by atoms with E-state index in [2.05, 4.69) is 15.3 Å². The summed E-state index contributed by atoms with van der Waals surface area (Å²) in [6, 6.07) is 11.6. The highest BCUT2D eigenvalue weighted by atomic mass is 35.5. The van der Waals surface area contributed by atoms with Crippen molar-refractivity contribution in [2.75, 3.05) is 12.4 Å². The van der Waals surface area contributed by atoms with Gasteiger partial charge in [0, 0.05) is 17.3 Å². The van der Waals surface area contributed by atoms with E-state index in [0.29, 0.717) is 22.0 Å². The van der Waals surface area contributed by atoms with Crippen LogP contribution in [0.4, 0.5) is 17.1 Å². The van der Waals surface area contributed by atoms with Crippen LogP contribution < -0.4 is 5.32 Å². The van der Waals surface area contributed by atoms with E-state index in [-0.39, 0.29) is 5.69 Å². The van der Waals surface area contributed by atoms with Crippen LogP contribution in [0.2, 0.25) is 5.02 Å². The summed E-state index contributed by atoms with van der Waals surface area (Å²) in [5.74, 6) is 0. The van der Waals surface area contributed by atoms with E-state index in [1.807, 2.05) is 0 Å². The van der Waals surface area contributed by atoms with E-state index in [1.165, 1.54) is 19.4 Å². The molecule has 0 fully saturated rings. The van der Waals surface area contributed by atoms with Gasteiger partial charge in [-0.1, -0.05) is 35.0 Å². The second-order valence-electron chi connectivity index (χ2n) is 4.02. The molecule has 0 radical (unpaired) electrons. The van der Waals surface area contributed by atoms with Gasteiger partial charge in [0.1, 0.15) is 12.8 Å². The minimum absolute atomic E-state index is 0.0212. The normalized spacial score (nSPS) is 10.6. The summed E-state index contributed by atoms with van der Waals surface area (Å²) < 4.78 is 0. The Morgan fingerprint density at radius 1 is 1.24 bits per heavy atom. The first-order valence-corrected chi connectivity index (χ1v) is 6.36. The molecule has 108 valence electrons. The van der Waals surface area contributed by atoms with Crippen molar-refractivity contribution < 1.29 is 9.76 Å². The lowest BCUT2D eigenvalue weighted by atomic mass is 10.1. The molecule has 0 atom stereocenters. The highest BCUT2D eigenvalue weighted by molar-refractivity contribution is 6.33. The average molecular weight is 306 g/mol. The van der Waals surface area contributed by atoms with Crippen molar-refractivity contribution in [3.05, 3.63) is 63.2 Å². The molecule has 1 N–H and O–H groups in total. The van der Waals surface area contributed by atoms with Crippen LogP contribution in [0.15, 0.2) is 47.6 Å². The van der Waals surface area contributed by atoms with Crippen molar-refractivity contribution in [2.45, 2.75) is 0 Å². The van der Waals surface area contributed by atoms with Crippen molar-refractivity contribution in [2.24, 2.45) is 5.16 Å². The number of nitro groups is 1. The SMILES string of the molecule is CON=Cc1c(Cl)cccc1Nc1ccccc1[N+](=O)[O-]. The molecule has 6 nitrogen and oxygen atoms in total. The summed E-state index contributed by atoms with van der Waals surface area (Å²) in [7, 11) is 1.42. The van der Waals surface area contributed by atoms with Crippen LogP contribution in [0.5, 0.6) is 0 Å². The molecule has 0 unspecified atom stereocenters. The van der Waals surface area contributed by atoms with Gasteiger partial charge in [0.2, 0.25) is 0 Å². The van der Waals surface area contributed by atoms with Crippen LogP contribution in [0.25, 0.3) is 0 Å². The maximum atomic E-state index is 11.0. The third kappa shape index (κ3) is 3.49. The maximum Gasteiger partial charge on any atom is 0.292 e. The number of nitrogens with one attached hydrogen (secondary N) is 1. The molecule has 2 aromatic rings. The quantitative estimate of drug-likeness (QED) is 0.515. The highest BCUT2D eigenvalue weighted by Gasteiger charge is 2.14. The summed E-state index contributed by atoms with van der Waals surface area (Å²) >= 11 is 6.11. The van der Waals surface area contributed by atoms with Gasteiger partial charge in [-0.3, -0.25) is 10.1 Å². The Morgan fingerprint density at radius 3 is 2.67 bits per heavy atom. The Bertz CT molecular complexity index is 689. The highest BCUT2D eigenvalue weighted by Crippen LogP contribution is 2.30. The fraction of sp³-hybridized carbons (Fsp3) is 0.0714. The molecule has 0 spiro atoms. The number of oxime groups is 1. The smallest absolute Gasteiger partial charge is 0.292 e. The number of para-hydroxylation sites is 2. The predicted octanol–water partition coefficient (Wildman–Crippen LogP) is 3.97. The van der Waals surface area contributed by atoms with Crippen molar-refractivity contribution in [3.63, 3.8) is 0 Å². The first-order valence-electron chi connectivity index (χ1n) is 5.99. The molecule has 0 heterocycles. The molecular formula is C14H12ClN3O3. The number of benzene rings is 2. The molecule has 2 aromatic carbocycles. The van der Waals surface area contributed by atoms with E-state index < -0.39 is 4.92 Å². The molecule has 2 rings (SSSR count). The van der Waals surface area contributed by atoms with Crippen LogP contribution >= 0.6 is 11.6 Å². The van der Waals surface area contributed by atoms with E-state index in [9.17, 15) is 10.1 Å². The van der Waals surface area contributed by atoms with Crippen LogP contribution in [0, 0.1) is 10.1 Å². The third-order valence-electron chi connectivity index (χ3n) is 2.71. The topological polar surface area (TPSA) is 76.8 Å². The van der Waals surface area contributed by atoms with Crippen molar-refractivity contribution >= 4 is 34.9 Å². The molecule has 0 aliphatic heterocycles. The maximum absolute atomic E-state index is 11.0. The first-order chi connectivity index (χ1) is 10.1. The van der Waals surface area contributed by atoms with Crippen LogP contribution in [0.1, 0.15) is 5.56 Å². The Kier molecular flexibility index (Phi) is 4.73. The van der Waals surface area contributed by atoms with Crippen LogP contribution in [-0.2, 0) is 4.84 Å². The van der Waals surface area contributed by atoms with Gasteiger partial charge in [-0.2, -0.15) is 0 Å². The van der Waals surface area contributed by atoms with Gasteiger partial charge in [0.15, 0.2) is 0 Å². The number of hydrogen-bond acceptors (Lipinski definition) is 5. The van der Waals surface area contributed by atoms with E-state index >= 15 is 0 Å². The van der Waals surface area contributed by atoms with E-state index in [0.717, 1.165) is 0 Å². The Hall–Kier alpha value is -2.60. The number of rotatable bonds is 5. The number of hydrogen-bond donors (Lipinski definition) is 1. The number of anilines is 2. The van der Waals surface area contributed by atoms with Crippen molar-refractivity contribution in [1.29, 1.82) is 0 Å². The summed E-state index contributed by atoms with van der Waals surface area (Å²) in [5.41, 5.74) is 1.53. The Morgan fingerprint density at radius 2 is 1.95 bits per heavy atom. The lowest BCUT2D eigenvalue weighted by molar-refractivity contribution is -0.383. The molecular weight excluding hydrogens is 294 g/mol. The Balaban J connectivity index is 2.43. The largest absolute Gasteiger partial charge is 0.399 e. The van der Waals surface area contributed by atoms with Gasteiger partial charge in [0.05, 0.1) is 16.2 Å². The van der Waals surface area contributed by atoms with Gasteiger partial charge in [-0.15, -0.1) is 0 Å². The molecule has 0 aromatic heterocycles. The lowest BCUT2D eigenvalue weighted by Crippen LogP contribution is -2.00. The summed E-state index contributed by atoms with van der Waals surface area (Å²) in [4.78, 5) is 15.2. The monoisotopic (exact) mass is 305 g/mol. The van der Waals surface area contributed by atoms with Crippen molar-refractivity contribution in [1.82, 2.24) is 0 Å². The number of halogens is 1. The zero-order valence-corrected chi connectivity index (χ0v) is 11.9. The second-order valence-corrected chi connectivity index (χ2v) is 4.42. The molecule has 21 heavy (non-hydrogen) atoms. The zero-order valence-electron chi connectivity index (χ0n) is 11.1. The molecule has 0 bridgehead atoms. The van der Waals surface area contributed by atoms with Gasteiger partial charge >= 0.3 is 0 Å². The zero-order chi connectivity index (χ0) is 15.2. The molecule has 0 amide bonds. The van der Waals surface area contributed by atoms with Gasteiger partial charge in [0.25, 0.3) is 5.69 Å². The van der Waals surface area contributed by atoms with Gasteiger partial charge < -0.3 is 10.2 Å². The van der Waals surface area contributed by atoms with Crippen LogP contribution in [-0.4, -0.2) is 18.2 Å². The molecule has 0 aliphatic carbocycles. The van der Waals surface area contributed by atoms with Crippen molar-refractivity contribution in [3.8, 4) is 0 Å². The van der Waals surface area contributed by atoms with Gasteiger partial charge in [-0.25, -0.2) is 0 Å². The summed E-state index contributed by atoms with van der Waals surface area (Å²) in [6.45, 7) is 0. The van der Waals surface area contributed by atoms with Crippen LogP contribution in [0.3, 0.4) is 0 Å². The lowest BCUT2D eigenvalue weighted by Gasteiger charge is -2.10. The first kappa shape index (κ1) is 14.8. The Labute approximate surface area is 126 Å². The average Bonchev–Trinajstić information content (AvgIpc) is 2.47. The minimum atomic E-state index is -0.449.